The minimum atomic E-state index is -0.889. The zero-order chi connectivity index (χ0) is 16.2. The molecule has 5 heteroatoms. The number of ether oxygens (including phenoxy) is 1. The fourth-order valence-corrected chi connectivity index (χ4v) is 3.18. The van der Waals surface area contributed by atoms with Crippen LogP contribution in [0.1, 0.15) is 44.1 Å². The van der Waals surface area contributed by atoms with Crippen molar-refractivity contribution in [1.29, 1.82) is 0 Å². The first-order valence-electron chi connectivity index (χ1n) is 8.37. The third-order valence-corrected chi connectivity index (χ3v) is 4.68. The number of carboxylic acid groups (broad SMARTS) is 1. The number of carboxylic acids is 1. The summed E-state index contributed by atoms with van der Waals surface area (Å²) in [6.45, 7) is 0.551. The van der Waals surface area contributed by atoms with Crippen LogP contribution in [-0.4, -0.2) is 23.1 Å². The first-order chi connectivity index (χ1) is 11.1. The van der Waals surface area contributed by atoms with Gasteiger partial charge in [-0.3, -0.25) is 9.59 Å². The molecule has 2 unspecified atom stereocenters. The van der Waals surface area contributed by atoms with Gasteiger partial charge in [0.25, 0.3) is 0 Å². The Morgan fingerprint density at radius 1 is 1.17 bits per heavy atom. The van der Waals surface area contributed by atoms with E-state index in [2.05, 4.69) is 5.32 Å². The second-order valence-corrected chi connectivity index (χ2v) is 6.55. The smallest absolute Gasteiger partial charge is 0.307 e. The summed E-state index contributed by atoms with van der Waals surface area (Å²) < 4.78 is 5.95. The van der Waals surface area contributed by atoms with Gasteiger partial charge in [-0.05, 0) is 37.0 Å². The van der Waals surface area contributed by atoms with E-state index < -0.39 is 17.8 Å². The second-order valence-electron chi connectivity index (χ2n) is 6.55. The highest BCUT2D eigenvalue weighted by molar-refractivity contribution is 5.98. The van der Waals surface area contributed by atoms with Crippen LogP contribution in [0.25, 0.3) is 0 Å². The lowest BCUT2D eigenvalue weighted by Crippen LogP contribution is -2.17. The number of benzene rings is 1. The molecule has 0 bridgehead atoms. The van der Waals surface area contributed by atoms with Crippen molar-refractivity contribution in [3.63, 3.8) is 0 Å². The maximum absolute atomic E-state index is 12.0. The predicted octanol–water partition coefficient (Wildman–Crippen LogP) is 3.20. The Balaban J connectivity index is 1.51. The molecule has 1 amide bonds. The third kappa shape index (κ3) is 4.32. The molecule has 0 heterocycles. The van der Waals surface area contributed by atoms with Gasteiger partial charge in [0.05, 0.1) is 24.5 Å². The standard InChI is InChI=1S/C18H23NO4/c20-17(15-10-16(15)18(21)22)19-13-6-4-5-12(9-13)11-23-14-7-2-1-3-8-14/h4-6,9,14-16H,1-3,7-8,10-11H2,(H,19,20)(H,21,22). The number of rotatable bonds is 6. The van der Waals surface area contributed by atoms with Crippen LogP contribution in [0.3, 0.4) is 0 Å². The molecule has 2 fully saturated rings. The summed E-state index contributed by atoms with van der Waals surface area (Å²) >= 11 is 0. The van der Waals surface area contributed by atoms with E-state index in [1.54, 1.807) is 0 Å². The van der Waals surface area contributed by atoms with Gasteiger partial charge in [-0.2, -0.15) is 0 Å². The summed E-state index contributed by atoms with van der Waals surface area (Å²) in [6.07, 6.45) is 6.85. The number of aliphatic carboxylic acids is 1. The van der Waals surface area contributed by atoms with Crippen LogP contribution in [-0.2, 0) is 20.9 Å². The summed E-state index contributed by atoms with van der Waals surface area (Å²) in [5, 5.41) is 11.7. The van der Waals surface area contributed by atoms with Crippen LogP contribution in [0.2, 0.25) is 0 Å². The molecule has 2 saturated carbocycles. The van der Waals surface area contributed by atoms with E-state index in [0.29, 0.717) is 24.8 Å². The molecule has 0 aromatic heterocycles. The van der Waals surface area contributed by atoms with Gasteiger partial charge >= 0.3 is 5.97 Å². The van der Waals surface area contributed by atoms with E-state index in [1.807, 2.05) is 24.3 Å². The Kier molecular flexibility index (Phi) is 4.96. The monoisotopic (exact) mass is 317 g/mol. The summed E-state index contributed by atoms with van der Waals surface area (Å²) in [5.41, 5.74) is 1.73. The molecule has 23 heavy (non-hydrogen) atoms. The van der Waals surface area contributed by atoms with E-state index in [-0.39, 0.29) is 5.91 Å². The molecule has 0 aliphatic heterocycles. The fourth-order valence-electron chi connectivity index (χ4n) is 3.18. The second kappa shape index (κ2) is 7.13. The molecule has 5 nitrogen and oxygen atoms in total. The van der Waals surface area contributed by atoms with Gasteiger partial charge in [-0.25, -0.2) is 0 Å². The van der Waals surface area contributed by atoms with Crippen molar-refractivity contribution in [3.05, 3.63) is 29.8 Å². The van der Waals surface area contributed by atoms with Crippen molar-refractivity contribution in [3.8, 4) is 0 Å². The van der Waals surface area contributed by atoms with Crippen LogP contribution in [0.4, 0.5) is 5.69 Å². The van der Waals surface area contributed by atoms with E-state index in [4.69, 9.17) is 9.84 Å². The molecule has 0 spiro atoms. The molecule has 1 aromatic rings. The highest BCUT2D eigenvalue weighted by Crippen LogP contribution is 2.39. The van der Waals surface area contributed by atoms with Crippen molar-refractivity contribution in [1.82, 2.24) is 0 Å². The number of anilines is 1. The number of carbonyl (C=O) groups is 2. The van der Waals surface area contributed by atoms with Crippen LogP contribution < -0.4 is 5.32 Å². The van der Waals surface area contributed by atoms with Crippen LogP contribution >= 0.6 is 0 Å². The zero-order valence-corrected chi connectivity index (χ0v) is 13.2. The lowest BCUT2D eigenvalue weighted by molar-refractivity contribution is -0.139. The largest absolute Gasteiger partial charge is 0.481 e. The Bertz CT molecular complexity index is 580. The number of hydrogen-bond donors (Lipinski definition) is 2. The SMILES string of the molecule is O=C(O)C1CC1C(=O)Nc1cccc(COC2CCCCC2)c1. The average molecular weight is 317 g/mol. The van der Waals surface area contributed by atoms with Gasteiger partial charge in [-0.15, -0.1) is 0 Å². The van der Waals surface area contributed by atoms with Gasteiger partial charge in [-0.1, -0.05) is 31.4 Å². The zero-order valence-electron chi connectivity index (χ0n) is 13.2. The van der Waals surface area contributed by atoms with Gasteiger partial charge in [0.2, 0.25) is 5.91 Å². The Labute approximate surface area is 136 Å². The Morgan fingerprint density at radius 3 is 2.65 bits per heavy atom. The van der Waals surface area contributed by atoms with E-state index in [9.17, 15) is 9.59 Å². The number of nitrogens with one attached hydrogen (secondary N) is 1. The van der Waals surface area contributed by atoms with Crippen molar-refractivity contribution in [2.45, 2.75) is 51.2 Å². The van der Waals surface area contributed by atoms with Gasteiger partial charge in [0, 0.05) is 5.69 Å². The minimum Gasteiger partial charge on any atom is -0.481 e. The summed E-state index contributed by atoms with van der Waals surface area (Å²) in [7, 11) is 0. The molecule has 2 N–H and O–H groups in total. The number of hydrogen-bond acceptors (Lipinski definition) is 3. The molecule has 0 radical (unpaired) electrons. The van der Waals surface area contributed by atoms with Gasteiger partial charge in [0.1, 0.15) is 0 Å². The van der Waals surface area contributed by atoms with Crippen molar-refractivity contribution < 1.29 is 19.4 Å². The predicted molar refractivity (Wildman–Crippen MR) is 86.0 cm³/mol. The Hall–Kier alpha value is -1.88. The van der Waals surface area contributed by atoms with Crippen molar-refractivity contribution >= 4 is 17.6 Å². The highest BCUT2D eigenvalue weighted by Gasteiger charge is 2.48. The molecule has 2 atom stereocenters. The molecule has 2 aliphatic carbocycles. The molecule has 2 aliphatic rings. The summed E-state index contributed by atoms with van der Waals surface area (Å²) in [4.78, 5) is 22.8. The number of carbonyl (C=O) groups excluding carboxylic acids is 1. The maximum atomic E-state index is 12.0. The first-order valence-corrected chi connectivity index (χ1v) is 8.37. The fraction of sp³-hybridized carbons (Fsp3) is 0.556. The molecule has 124 valence electrons. The van der Waals surface area contributed by atoms with Crippen molar-refractivity contribution in [2.24, 2.45) is 11.8 Å². The summed E-state index contributed by atoms with van der Waals surface area (Å²) in [5.74, 6) is -2.01. The lowest BCUT2D eigenvalue weighted by Gasteiger charge is -2.22. The average Bonchev–Trinajstić information content (AvgIpc) is 3.35. The van der Waals surface area contributed by atoms with Crippen LogP contribution in [0.15, 0.2) is 24.3 Å². The molecule has 3 rings (SSSR count). The van der Waals surface area contributed by atoms with Gasteiger partial charge in [0.15, 0.2) is 0 Å². The number of amides is 1. The topological polar surface area (TPSA) is 75.6 Å². The molecular formula is C18H23NO4. The molecule has 1 aromatic carbocycles. The normalized spacial score (nSPS) is 24.2. The van der Waals surface area contributed by atoms with Crippen LogP contribution in [0.5, 0.6) is 0 Å². The van der Waals surface area contributed by atoms with Gasteiger partial charge < -0.3 is 15.2 Å². The molecule has 0 saturated heterocycles. The quantitative estimate of drug-likeness (QED) is 0.845. The summed E-state index contributed by atoms with van der Waals surface area (Å²) in [6, 6.07) is 7.59. The minimum absolute atomic E-state index is 0.206. The van der Waals surface area contributed by atoms with E-state index >= 15 is 0 Å². The maximum Gasteiger partial charge on any atom is 0.307 e. The molecular weight excluding hydrogens is 294 g/mol. The van der Waals surface area contributed by atoms with E-state index in [0.717, 1.165) is 18.4 Å². The van der Waals surface area contributed by atoms with E-state index in [1.165, 1.54) is 19.3 Å². The highest BCUT2D eigenvalue weighted by atomic mass is 16.5. The first kappa shape index (κ1) is 16.0. The Morgan fingerprint density at radius 2 is 1.96 bits per heavy atom. The lowest BCUT2D eigenvalue weighted by atomic mass is 9.98. The third-order valence-electron chi connectivity index (χ3n) is 4.68. The van der Waals surface area contributed by atoms with Crippen molar-refractivity contribution in [2.75, 3.05) is 5.32 Å². The van der Waals surface area contributed by atoms with Crippen LogP contribution in [0, 0.1) is 11.8 Å².